The molecule has 1 saturated heterocycles. The molecule has 1 atom stereocenters. The van der Waals surface area contributed by atoms with Gasteiger partial charge in [-0.25, -0.2) is 8.51 Å². The summed E-state index contributed by atoms with van der Waals surface area (Å²) in [4.78, 5) is 0. The van der Waals surface area contributed by atoms with Gasteiger partial charge in [0.1, 0.15) is 0 Å². The first-order valence-corrected chi connectivity index (χ1v) is 6.57. The lowest BCUT2D eigenvalue weighted by atomic mass is 9.74. The maximum absolute atomic E-state index is 10.9. The Morgan fingerprint density at radius 1 is 1.29 bits per heavy atom. The molecular formula is C12H14N2O2S. The van der Waals surface area contributed by atoms with Gasteiger partial charge in [-0.1, -0.05) is 30.3 Å². The molecule has 0 bridgehead atoms. The molecular weight excluding hydrogens is 236 g/mol. The fourth-order valence-electron chi connectivity index (χ4n) is 2.25. The maximum atomic E-state index is 10.9. The van der Waals surface area contributed by atoms with E-state index in [1.165, 1.54) is 4.31 Å². The van der Waals surface area contributed by atoms with Crippen molar-refractivity contribution in [1.29, 1.82) is 5.26 Å². The Balaban J connectivity index is 2.20. The van der Waals surface area contributed by atoms with E-state index in [2.05, 4.69) is 6.07 Å². The molecule has 0 aliphatic carbocycles. The number of nitriles is 1. The van der Waals surface area contributed by atoms with Crippen LogP contribution >= 0.6 is 0 Å². The maximum Gasteiger partial charge on any atom is 0.234 e. The number of hydrogen-bond donors (Lipinski definition) is 1. The molecule has 1 fully saturated rings. The van der Waals surface area contributed by atoms with Gasteiger partial charge in [0.2, 0.25) is 11.3 Å². The Morgan fingerprint density at radius 2 is 1.88 bits per heavy atom. The molecule has 4 nitrogen and oxygen atoms in total. The highest BCUT2D eigenvalue weighted by Crippen LogP contribution is 2.34. The van der Waals surface area contributed by atoms with Crippen LogP contribution in [-0.4, -0.2) is 26.2 Å². The number of benzene rings is 1. The van der Waals surface area contributed by atoms with Crippen molar-refractivity contribution in [3.8, 4) is 6.07 Å². The van der Waals surface area contributed by atoms with E-state index in [1.807, 2.05) is 30.3 Å². The summed E-state index contributed by atoms with van der Waals surface area (Å²) in [6.07, 6.45) is 1.19. The largest absolute Gasteiger partial charge is 0.294 e. The predicted octanol–water partition coefficient (Wildman–Crippen LogP) is 1.68. The van der Waals surface area contributed by atoms with Gasteiger partial charge < -0.3 is 0 Å². The summed E-state index contributed by atoms with van der Waals surface area (Å²) in [6, 6.07) is 12.1. The van der Waals surface area contributed by atoms with E-state index in [0.29, 0.717) is 25.9 Å². The minimum absolute atomic E-state index is 0.478. The molecule has 1 aliphatic heterocycles. The normalized spacial score (nSPS) is 21.6. The highest BCUT2D eigenvalue weighted by Gasteiger charge is 2.37. The van der Waals surface area contributed by atoms with Crippen LogP contribution in [0.1, 0.15) is 18.4 Å². The van der Waals surface area contributed by atoms with Crippen molar-refractivity contribution in [3.05, 3.63) is 35.9 Å². The van der Waals surface area contributed by atoms with E-state index in [0.717, 1.165) is 5.56 Å². The third-order valence-electron chi connectivity index (χ3n) is 3.34. The molecule has 0 saturated carbocycles. The monoisotopic (exact) mass is 250 g/mol. The van der Waals surface area contributed by atoms with Gasteiger partial charge in [0.25, 0.3) is 0 Å². The summed E-state index contributed by atoms with van der Waals surface area (Å²) < 4.78 is 21.4. The first-order chi connectivity index (χ1) is 8.18. The molecule has 1 unspecified atom stereocenters. The van der Waals surface area contributed by atoms with Crippen molar-refractivity contribution in [2.45, 2.75) is 18.3 Å². The Kier molecular flexibility index (Phi) is 3.57. The van der Waals surface area contributed by atoms with E-state index in [-0.39, 0.29) is 0 Å². The summed E-state index contributed by atoms with van der Waals surface area (Å²) in [5.74, 6) is 0. The highest BCUT2D eigenvalue weighted by molar-refractivity contribution is 7.76. The van der Waals surface area contributed by atoms with Crippen molar-refractivity contribution in [2.75, 3.05) is 13.1 Å². The summed E-state index contributed by atoms with van der Waals surface area (Å²) in [6.45, 7) is 0.955. The van der Waals surface area contributed by atoms with Gasteiger partial charge in [-0.15, -0.1) is 0 Å². The first kappa shape index (κ1) is 12.2. The summed E-state index contributed by atoms with van der Waals surface area (Å²) >= 11 is -1.92. The molecule has 1 aliphatic rings. The van der Waals surface area contributed by atoms with Crippen molar-refractivity contribution >= 4 is 11.3 Å². The summed E-state index contributed by atoms with van der Waals surface area (Å²) in [5.41, 5.74) is 0.503. The Bertz CT molecular complexity index is 447. The van der Waals surface area contributed by atoms with Gasteiger partial charge in [-0.2, -0.15) is 5.26 Å². The smallest absolute Gasteiger partial charge is 0.234 e. The van der Waals surface area contributed by atoms with Gasteiger partial charge in [-0.05, 0) is 18.4 Å². The van der Waals surface area contributed by atoms with Crippen LogP contribution in [0.3, 0.4) is 0 Å². The SMILES string of the molecule is N#CC1(c2ccccc2)CCN(S(=O)O)CC1. The van der Waals surface area contributed by atoms with Gasteiger partial charge in [0.05, 0.1) is 11.5 Å². The number of hydrogen-bond acceptors (Lipinski definition) is 2. The van der Waals surface area contributed by atoms with Crippen LogP contribution in [0.5, 0.6) is 0 Å². The van der Waals surface area contributed by atoms with Crippen LogP contribution in [0.4, 0.5) is 0 Å². The minimum Gasteiger partial charge on any atom is -0.294 e. The molecule has 0 amide bonds. The van der Waals surface area contributed by atoms with E-state index < -0.39 is 16.7 Å². The molecule has 0 radical (unpaired) electrons. The second kappa shape index (κ2) is 4.96. The van der Waals surface area contributed by atoms with Crippen molar-refractivity contribution in [3.63, 3.8) is 0 Å². The number of nitrogens with zero attached hydrogens (tertiary/aromatic N) is 2. The lowest BCUT2D eigenvalue weighted by Gasteiger charge is -2.35. The lowest BCUT2D eigenvalue weighted by molar-refractivity contribution is 0.273. The van der Waals surface area contributed by atoms with E-state index in [9.17, 15) is 9.47 Å². The van der Waals surface area contributed by atoms with Gasteiger partial charge in [0, 0.05) is 13.1 Å². The molecule has 1 aromatic carbocycles. The lowest BCUT2D eigenvalue weighted by Crippen LogP contribution is -2.42. The van der Waals surface area contributed by atoms with E-state index >= 15 is 0 Å². The second-order valence-corrected chi connectivity index (χ2v) is 5.20. The van der Waals surface area contributed by atoms with Gasteiger partial charge in [0.15, 0.2) is 0 Å². The molecule has 17 heavy (non-hydrogen) atoms. The molecule has 5 heteroatoms. The Hall–Kier alpha value is -1.22. The topological polar surface area (TPSA) is 64.3 Å². The minimum atomic E-state index is -1.92. The average molecular weight is 250 g/mol. The van der Waals surface area contributed by atoms with E-state index in [1.54, 1.807) is 0 Å². The van der Waals surface area contributed by atoms with Crippen LogP contribution in [0.2, 0.25) is 0 Å². The predicted molar refractivity (Wildman–Crippen MR) is 65.3 cm³/mol. The van der Waals surface area contributed by atoms with Crippen LogP contribution in [0, 0.1) is 11.3 Å². The molecule has 0 spiro atoms. The van der Waals surface area contributed by atoms with Crippen molar-refractivity contribution in [1.82, 2.24) is 4.31 Å². The first-order valence-electron chi connectivity index (χ1n) is 5.51. The van der Waals surface area contributed by atoms with E-state index in [4.69, 9.17) is 4.55 Å². The summed E-state index contributed by atoms with van der Waals surface area (Å²) in [7, 11) is 0. The fraction of sp³-hybridized carbons (Fsp3) is 0.417. The Morgan fingerprint density at radius 3 is 2.35 bits per heavy atom. The zero-order valence-electron chi connectivity index (χ0n) is 9.37. The summed E-state index contributed by atoms with van der Waals surface area (Å²) in [5, 5.41) is 9.41. The second-order valence-electron chi connectivity index (χ2n) is 4.22. The standard InChI is InChI=1S/C12H14N2O2S/c13-10-12(11-4-2-1-3-5-11)6-8-14(9-7-12)17(15)16/h1-5H,6-9H2,(H,15,16). The van der Waals surface area contributed by atoms with Crippen LogP contribution in [0.15, 0.2) is 30.3 Å². The molecule has 1 N–H and O–H groups in total. The third-order valence-corrected chi connectivity index (χ3v) is 4.14. The molecule has 1 aromatic rings. The zero-order chi connectivity index (χ0) is 12.3. The van der Waals surface area contributed by atoms with Gasteiger partial charge >= 0.3 is 0 Å². The number of rotatable bonds is 2. The molecule has 90 valence electrons. The van der Waals surface area contributed by atoms with Crippen LogP contribution in [0.25, 0.3) is 0 Å². The Labute approximate surface area is 103 Å². The molecule has 1 heterocycles. The fourth-order valence-corrected chi connectivity index (χ4v) is 2.74. The third kappa shape index (κ3) is 2.39. The molecule has 0 aromatic heterocycles. The van der Waals surface area contributed by atoms with Crippen molar-refractivity contribution in [2.24, 2.45) is 0 Å². The number of piperidine rings is 1. The highest BCUT2D eigenvalue weighted by atomic mass is 32.2. The van der Waals surface area contributed by atoms with Crippen molar-refractivity contribution < 1.29 is 8.76 Å². The molecule has 2 rings (SSSR count). The zero-order valence-corrected chi connectivity index (χ0v) is 10.2. The average Bonchev–Trinajstić information content (AvgIpc) is 2.40. The quantitative estimate of drug-likeness (QED) is 0.812. The van der Waals surface area contributed by atoms with Crippen LogP contribution < -0.4 is 0 Å². The van der Waals surface area contributed by atoms with Gasteiger partial charge in [-0.3, -0.25) is 4.55 Å². The van der Waals surface area contributed by atoms with Crippen LogP contribution in [-0.2, 0) is 16.7 Å².